The molecule has 0 aromatic heterocycles. The second-order valence-corrected chi connectivity index (χ2v) is 2.37. The summed E-state index contributed by atoms with van der Waals surface area (Å²) in [6.45, 7) is 2.85. The normalized spacial score (nSPS) is 14.6. The molecule has 0 heterocycles. The lowest BCUT2D eigenvalue weighted by Crippen LogP contribution is -2.49. The van der Waals surface area contributed by atoms with Crippen molar-refractivity contribution in [1.29, 1.82) is 0 Å². The summed E-state index contributed by atoms with van der Waals surface area (Å²) in [6.07, 6.45) is -2.27. The SMILES string of the molecule is CC(=O)NC(N)C(C)OC(N)=O. The topological polar surface area (TPSA) is 107 Å². The molecule has 2 atom stereocenters. The van der Waals surface area contributed by atoms with Gasteiger partial charge in [-0.25, -0.2) is 4.79 Å². The molecule has 2 unspecified atom stereocenters. The minimum Gasteiger partial charge on any atom is -0.443 e. The molecule has 70 valence electrons. The Morgan fingerprint density at radius 3 is 2.33 bits per heavy atom. The molecule has 0 aromatic rings. The molecule has 12 heavy (non-hydrogen) atoms. The summed E-state index contributed by atoms with van der Waals surface area (Å²) >= 11 is 0. The van der Waals surface area contributed by atoms with Crippen LogP contribution in [0.2, 0.25) is 0 Å². The molecule has 5 N–H and O–H groups in total. The molecule has 0 rings (SSSR count). The maximum Gasteiger partial charge on any atom is 0.404 e. The van der Waals surface area contributed by atoms with Crippen molar-refractivity contribution in [3.05, 3.63) is 0 Å². The number of hydrogen-bond acceptors (Lipinski definition) is 4. The monoisotopic (exact) mass is 175 g/mol. The summed E-state index contributed by atoms with van der Waals surface area (Å²) in [5.41, 5.74) is 10.1. The quantitative estimate of drug-likeness (QED) is 0.473. The molecular weight excluding hydrogens is 162 g/mol. The average molecular weight is 175 g/mol. The minimum absolute atomic E-state index is 0.289. The molecular formula is C6H13N3O3. The third-order valence-electron chi connectivity index (χ3n) is 1.18. The van der Waals surface area contributed by atoms with Crippen LogP contribution in [0.3, 0.4) is 0 Å². The number of nitrogens with one attached hydrogen (secondary N) is 1. The molecule has 0 spiro atoms. The predicted octanol–water partition coefficient (Wildman–Crippen LogP) is -1.11. The first-order valence-corrected chi connectivity index (χ1v) is 3.42. The molecule has 0 fully saturated rings. The van der Waals surface area contributed by atoms with Crippen LogP contribution in [0.4, 0.5) is 4.79 Å². The first-order chi connectivity index (χ1) is 5.43. The number of amides is 2. The van der Waals surface area contributed by atoms with Gasteiger partial charge in [-0.3, -0.25) is 4.79 Å². The van der Waals surface area contributed by atoms with E-state index in [1.165, 1.54) is 13.8 Å². The molecule has 2 amide bonds. The van der Waals surface area contributed by atoms with Crippen LogP contribution in [0.5, 0.6) is 0 Å². The molecule has 0 bridgehead atoms. The Hall–Kier alpha value is -1.30. The van der Waals surface area contributed by atoms with Crippen LogP contribution in [-0.4, -0.2) is 24.3 Å². The van der Waals surface area contributed by atoms with Gasteiger partial charge in [0.1, 0.15) is 12.3 Å². The van der Waals surface area contributed by atoms with Crippen LogP contribution >= 0.6 is 0 Å². The Morgan fingerprint density at radius 1 is 1.50 bits per heavy atom. The van der Waals surface area contributed by atoms with E-state index in [1.807, 2.05) is 0 Å². The van der Waals surface area contributed by atoms with E-state index in [9.17, 15) is 9.59 Å². The first kappa shape index (κ1) is 10.7. The fraction of sp³-hybridized carbons (Fsp3) is 0.667. The zero-order valence-electron chi connectivity index (χ0n) is 7.03. The summed E-state index contributed by atoms with van der Waals surface area (Å²) in [7, 11) is 0. The van der Waals surface area contributed by atoms with E-state index >= 15 is 0 Å². The zero-order chi connectivity index (χ0) is 9.72. The van der Waals surface area contributed by atoms with Crippen LogP contribution in [0, 0.1) is 0 Å². The van der Waals surface area contributed by atoms with Crippen molar-refractivity contribution in [2.75, 3.05) is 0 Å². The summed E-state index contributed by atoms with van der Waals surface area (Å²) < 4.78 is 4.51. The van der Waals surface area contributed by atoms with Crippen LogP contribution in [0.15, 0.2) is 0 Å². The zero-order valence-corrected chi connectivity index (χ0v) is 7.03. The number of hydrogen-bond donors (Lipinski definition) is 3. The lowest BCUT2D eigenvalue weighted by molar-refractivity contribution is -0.120. The van der Waals surface area contributed by atoms with E-state index in [2.05, 4.69) is 10.1 Å². The van der Waals surface area contributed by atoms with Gasteiger partial charge in [-0.05, 0) is 6.92 Å². The van der Waals surface area contributed by atoms with Crippen molar-refractivity contribution in [2.45, 2.75) is 26.1 Å². The number of carbonyl (C=O) groups excluding carboxylic acids is 2. The van der Waals surface area contributed by atoms with Crippen LogP contribution in [0.1, 0.15) is 13.8 Å². The number of ether oxygens (including phenoxy) is 1. The van der Waals surface area contributed by atoms with Gasteiger partial charge in [0.05, 0.1) is 0 Å². The Morgan fingerprint density at radius 2 is 2.00 bits per heavy atom. The highest BCUT2D eigenvalue weighted by Gasteiger charge is 2.15. The smallest absolute Gasteiger partial charge is 0.404 e. The fourth-order valence-corrected chi connectivity index (χ4v) is 0.609. The predicted molar refractivity (Wildman–Crippen MR) is 41.9 cm³/mol. The number of nitrogens with two attached hydrogens (primary N) is 2. The van der Waals surface area contributed by atoms with Crippen molar-refractivity contribution in [3.63, 3.8) is 0 Å². The Labute approximate surface area is 70.2 Å². The van der Waals surface area contributed by atoms with Gasteiger partial charge in [0.15, 0.2) is 0 Å². The lowest BCUT2D eigenvalue weighted by Gasteiger charge is -2.19. The van der Waals surface area contributed by atoms with Crippen molar-refractivity contribution in [1.82, 2.24) is 5.32 Å². The van der Waals surface area contributed by atoms with Crippen LogP contribution < -0.4 is 16.8 Å². The van der Waals surface area contributed by atoms with Gasteiger partial charge in [-0.2, -0.15) is 0 Å². The van der Waals surface area contributed by atoms with E-state index < -0.39 is 18.4 Å². The number of primary amides is 1. The van der Waals surface area contributed by atoms with Crippen molar-refractivity contribution < 1.29 is 14.3 Å². The summed E-state index contributed by atoms with van der Waals surface area (Å²) in [5, 5.41) is 2.35. The van der Waals surface area contributed by atoms with Gasteiger partial charge in [0.25, 0.3) is 0 Å². The van der Waals surface area contributed by atoms with Crippen LogP contribution in [0.25, 0.3) is 0 Å². The molecule has 0 radical (unpaired) electrons. The van der Waals surface area contributed by atoms with Gasteiger partial charge in [0.2, 0.25) is 5.91 Å². The second kappa shape index (κ2) is 4.55. The largest absolute Gasteiger partial charge is 0.443 e. The molecule has 6 heteroatoms. The maximum atomic E-state index is 10.5. The summed E-state index contributed by atoms with van der Waals surface area (Å²) in [4.78, 5) is 20.7. The Bertz CT molecular complexity index is 163. The minimum atomic E-state index is -0.914. The number of carbonyl (C=O) groups is 2. The highest BCUT2D eigenvalue weighted by molar-refractivity contribution is 5.73. The fourth-order valence-electron chi connectivity index (χ4n) is 0.609. The van der Waals surface area contributed by atoms with E-state index in [1.54, 1.807) is 0 Å². The lowest BCUT2D eigenvalue weighted by atomic mass is 10.3. The van der Waals surface area contributed by atoms with E-state index in [0.29, 0.717) is 0 Å². The van der Waals surface area contributed by atoms with Crippen molar-refractivity contribution in [3.8, 4) is 0 Å². The number of rotatable bonds is 3. The van der Waals surface area contributed by atoms with Crippen molar-refractivity contribution >= 4 is 12.0 Å². The van der Waals surface area contributed by atoms with E-state index in [-0.39, 0.29) is 5.91 Å². The molecule has 0 saturated heterocycles. The second-order valence-electron chi connectivity index (χ2n) is 2.37. The average Bonchev–Trinajstić information content (AvgIpc) is 1.84. The van der Waals surface area contributed by atoms with Gasteiger partial charge < -0.3 is 21.5 Å². The molecule has 6 nitrogen and oxygen atoms in total. The van der Waals surface area contributed by atoms with Gasteiger partial charge in [-0.15, -0.1) is 0 Å². The van der Waals surface area contributed by atoms with Crippen LogP contribution in [-0.2, 0) is 9.53 Å². The van der Waals surface area contributed by atoms with Crippen molar-refractivity contribution in [2.24, 2.45) is 11.5 Å². The maximum absolute atomic E-state index is 10.5. The van der Waals surface area contributed by atoms with Gasteiger partial charge >= 0.3 is 6.09 Å². The standard InChI is InChI=1S/C6H13N3O3/c1-3(12-6(8)11)5(7)9-4(2)10/h3,5H,7H2,1-2H3,(H2,8,11)(H,9,10). The Kier molecular flexibility index (Phi) is 4.06. The highest BCUT2D eigenvalue weighted by Crippen LogP contribution is 1.92. The molecule has 0 saturated carbocycles. The molecule has 0 aromatic carbocycles. The summed E-state index contributed by atoms with van der Waals surface area (Å²) in [5.74, 6) is -0.289. The van der Waals surface area contributed by atoms with E-state index in [0.717, 1.165) is 0 Å². The molecule has 0 aliphatic carbocycles. The third-order valence-corrected chi connectivity index (χ3v) is 1.18. The van der Waals surface area contributed by atoms with E-state index in [4.69, 9.17) is 11.5 Å². The molecule has 0 aliphatic heterocycles. The Balaban J connectivity index is 3.83. The highest BCUT2D eigenvalue weighted by atomic mass is 16.6. The van der Waals surface area contributed by atoms with Gasteiger partial charge in [-0.1, -0.05) is 0 Å². The third kappa shape index (κ3) is 4.51. The van der Waals surface area contributed by atoms with Gasteiger partial charge in [0, 0.05) is 6.92 Å². The summed E-state index contributed by atoms with van der Waals surface area (Å²) in [6, 6.07) is 0. The molecule has 0 aliphatic rings. The first-order valence-electron chi connectivity index (χ1n) is 3.42.